The largest absolute Gasteiger partial charge is 0.374 e. The Hall–Kier alpha value is -2.88. The molecular weight excluding hydrogens is 348 g/mol. The maximum Gasteiger partial charge on any atom is 0.253 e. The highest BCUT2D eigenvalue weighted by Crippen LogP contribution is 2.29. The van der Waals surface area contributed by atoms with E-state index in [2.05, 4.69) is 20.4 Å². The molecule has 0 N–H and O–H groups in total. The van der Waals surface area contributed by atoms with Crippen LogP contribution in [0.5, 0.6) is 0 Å². The number of nitrogens with zero attached hydrogens (tertiary/aromatic N) is 2. The lowest BCUT2D eigenvalue weighted by molar-refractivity contribution is -0.112. The Morgan fingerprint density at radius 2 is 1.57 bits per heavy atom. The Morgan fingerprint density at radius 3 is 2.04 bits per heavy atom. The number of carbonyl (C=O) groups is 2. The van der Waals surface area contributed by atoms with Crippen molar-refractivity contribution < 1.29 is 9.59 Å². The fraction of sp³-hybridized carbons (Fsp3) is 0.333. The Bertz CT molecular complexity index is 1020. The number of hydrogen-bond acceptors (Lipinski definition) is 3. The molecule has 0 aliphatic heterocycles. The molecule has 0 saturated heterocycles. The number of rotatable bonds is 5. The van der Waals surface area contributed by atoms with Gasteiger partial charge in [-0.3, -0.25) is 9.59 Å². The lowest BCUT2D eigenvalue weighted by atomic mass is 9.90. The third-order valence-corrected chi connectivity index (χ3v) is 4.78. The molecule has 0 spiro atoms. The minimum Gasteiger partial charge on any atom is -0.374 e. The first kappa shape index (κ1) is 21.4. The van der Waals surface area contributed by atoms with Gasteiger partial charge in [-0.15, -0.1) is 0 Å². The van der Waals surface area contributed by atoms with Gasteiger partial charge in [-0.2, -0.15) is 0 Å². The number of likely N-dealkylation sites (N-methyl/N-ethyl adjacent to an activating group) is 1. The molecule has 2 aromatic carbocycles. The minimum absolute atomic E-state index is 0.00618. The molecule has 0 aliphatic carbocycles. The normalized spacial score (nSPS) is 12.0. The van der Waals surface area contributed by atoms with Gasteiger partial charge in [-0.1, -0.05) is 38.6 Å². The fourth-order valence-electron chi connectivity index (χ4n) is 3.43. The summed E-state index contributed by atoms with van der Waals surface area (Å²) in [6.45, 7) is 9.99. The molecule has 0 fully saturated rings. The molecule has 2 aromatic rings. The third-order valence-electron chi connectivity index (χ3n) is 4.78. The number of carbonyl (C=O) groups excluding carboxylic acids is 2. The molecule has 2 rings (SSSR count). The van der Waals surface area contributed by atoms with Crippen LogP contribution in [-0.2, 0) is 4.79 Å². The van der Waals surface area contributed by atoms with Crippen LogP contribution in [0.1, 0.15) is 42.6 Å². The monoisotopic (exact) mass is 378 g/mol. The van der Waals surface area contributed by atoms with Crippen molar-refractivity contribution in [3.05, 3.63) is 58.0 Å². The standard InChI is InChI=1S/C24H30N2O2/c1-15(2)22-14-19(24(28)26(7)8)10-12-21(22)18-9-11-20(16(3)13-18)23(17(4)27)25(5)6/h9-15H,3H2,1-2,4-8H3/b23-20-. The zero-order valence-electron chi connectivity index (χ0n) is 18.0. The second-order valence-corrected chi connectivity index (χ2v) is 7.83. The van der Waals surface area contributed by atoms with Crippen LogP contribution in [0.15, 0.2) is 36.4 Å². The molecule has 0 aliphatic rings. The second kappa shape index (κ2) is 8.42. The first-order valence-corrected chi connectivity index (χ1v) is 9.42. The number of Topliss-reactive ketones (excluding diaryl/α,β-unsaturated/α-hetero) is 1. The summed E-state index contributed by atoms with van der Waals surface area (Å²) in [4.78, 5) is 27.8. The molecule has 0 saturated carbocycles. The van der Waals surface area contributed by atoms with Crippen molar-refractivity contribution in [2.24, 2.45) is 0 Å². The van der Waals surface area contributed by atoms with Crippen molar-refractivity contribution in [2.45, 2.75) is 26.7 Å². The van der Waals surface area contributed by atoms with E-state index in [-0.39, 0.29) is 17.6 Å². The van der Waals surface area contributed by atoms with Gasteiger partial charge in [0.25, 0.3) is 5.91 Å². The second-order valence-electron chi connectivity index (χ2n) is 7.83. The molecule has 148 valence electrons. The maximum atomic E-state index is 12.3. The molecular formula is C24H30N2O2. The van der Waals surface area contributed by atoms with Crippen molar-refractivity contribution in [3.63, 3.8) is 0 Å². The first-order chi connectivity index (χ1) is 13.0. The van der Waals surface area contributed by atoms with Crippen LogP contribution in [0.25, 0.3) is 23.4 Å². The SMILES string of the molecule is C=c1cc(-c2ccc(C(=O)N(C)C)cc2C(C)C)cc/c1=C(\C(C)=O)N(C)C. The van der Waals surface area contributed by atoms with E-state index in [4.69, 9.17) is 0 Å². The van der Waals surface area contributed by atoms with Gasteiger partial charge in [-0.25, -0.2) is 0 Å². The van der Waals surface area contributed by atoms with E-state index in [0.29, 0.717) is 11.3 Å². The first-order valence-electron chi connectivity index (χ1n) is 9.42. The maximum absolute atomic E-state index is 12.3. The zero-order chi connectivity index (χ0) is 21.2. The zero-order valence-corrected chi connectivity index (χ0v) is 18.0. The molecule has 0 aromatic heterocycles. The van der Waals surface area contributed by atoms with Gasteiger partial charge >= 0.3 is 0 Å². The van der Waals surface area contributed by atoms with Crippen LogP contribution in [0.2, 0.25) is 0 Å². The molecule has 1 amide bonds. The van der Waals surface area contributed by atoms with Gasteiger partial charge in [0.05, 0.1) is 5.70 Å². The quantitative estimate of drug-likeness (QED) is 0.803. The van der Waals surface area contributed by atoms with Crippen LogP contribution in [0.4, 0.5) is 0 Å². The summed E-state index contributed by atoms with van der Waals surface area (Å²) in [6, 6.07) is 11.8. The molecule has 0 bridgehead atoms. The van der Waals surface area contributed by atoms with Crippen molar-refractivity contribution in [2.75, 3.05) is 28.2 Å². The Kier molecular flexibility index (Phi) is 6.45. The van der Waals surface area contributed by atoms with E-state index in [1.165, 1.54) is 0 Å². The summed E-state index contributed by atoms with van der Waals surface area (Å²) in [7, 11) is 7.24. The van der Waals surface area contributed by atoms with Crippen LogP contribution in [0, 0.1) is 0 Å². The number of ketones is 1. The topological polar surface area (TPSA) is 40.6 Å². The summed E-state index contributed by atoms with van der Waals surface area (Å²) in [5.41, 5.74) is 4.55. The Balaban J connectivity index is 2.68. The number of hydrogen-bond donors (Lipinski definition) is 0. The van der Waals surface area contributed by atoms with Crippen molar-refractivity contribution in [3.8, 4) is 11.1 Å². The number of amides is 1. The van der Waals surface area contributed by atoms with Crippen LogP contribution >= 0.6 is 0 Å². The average molecular weight is 379 g/mol. The van der Waals surface area contributed by atoms with Crippen molar-refractivity contribution >= 4 is 24.0 Å². The molecule has 4 nitrogen and oxygen atoms in total. The molecule has 0 atom stereocenters. The summed E-state index contributed by atoms with van der Waals surface area (Å²) in [6.07, 6.45) is 0. The van der Waals surface area contributed by atoms with Gasteiger partial charge < -0.3 is 9.80 Å². The summed E-state index contributed by atoms with van der Waals surface area (Å²) < 4.78 is 0. The minimum atomic E-state index is -0.00618. The Labute approximate surface area is 167 Å². The highest BCUT2D eigenvalue weighted by atomic mass is 16.2. The predicted octanol–water partition coefficient (Wildman–Crippen LogP) is 2.85. The summed E-state index contributed by atoms with van der Waals surface area (Å²) in [5, 5.41) is 1.64. The molecule has 0 heterocycles. The van der Waals surface area contributed by atoms with Crippen LogP contribution in [0.3, 0.4) is 0 Å². The molecule has 0 radical (unpaired) electrons. The Morgan fingerprint density at radius 1 is 0.929 bits per heavy atom. The summed E-state index contributed by atoms with van der Waals surface area (Å²) >= 11 is 0. The van der Waals surface area contributed by atoms with Gasteiger partial charge in [0, 0.05) is 45.9 Å². The van der Waals surface area contributed by atoms with E-state index in [1.807, 2.05) is 55.4 Å². The van der Waals surface area contributed by atoms with Crippen LogP contribution in [-0.4, -0.2) is 49.7 Å². The highest BCUT2D eigenvalue weighted by molar-refractivity contribution is 6.12. The van der Waals surface area contributed by atoms with Gasteiger partial charge in [0.15, 0.2) is 5.78 Å². The van der Waals surface area contributed by atoms with E-state index < -0.39 is 0 Å². The fourth-order valence-corrected chi connectivity index (χ4v) is 3.43. The van der Waals surface area contributed by atoms with E-state index in [0.717, 1.165) is 27.1 Å². The molecule has 28 heavy (non-hydrogen) atoms. The summed E-state index contributed by atoms with van der Waals surface area (Å²) in [5.74, 6) is 0.268. The highest BCUT2D eigenvalue weighted by Gasteiger charge is 2.15. The molecule has 4 heteroatoms. The predicted molar refractivity (Wildman–Crippen MR) is 117 cm³/mol. The number of benzene rings is 2. The lowest BCUT2D eigenvalue weighted by Gasteiger charge is -2.18. The van der Waals surface area contributed by atoms with E-state index >= 15 is 0 Å². The van der Waals surface area contributed by atoms with Crippen molar-refractivity contribution in [1.82, 2.24) is 9.80 Å². The van der Waals surface area contributed by atoms with Crippen molar-refractivity contribution in [1.29, 1.82) is 0 Å². The van der Waals surface area contributed by atoms with Gasteiger partial charge in [0.1, 0.15) is 0 Å². The van der Waals surface area contributed by atoms with Gasteiger partial charge in [-0.05, 0) is 46.0 Å². The molecule has 0 unspecified atom stereocenters. The third kappa shape index (κ3) is 4.33. The van der Waals surface area contributed by atoms with Gasteiger partial charge in [0.2, 0.25) is 0 Å². The lowest BCUT2D eigenvalue weighted by Crippen LogP contribution is -2.33. The van der Waals surface area contributed by atoms with E-state index in [9.17, 15) is 9.59 Å². The average Bonchev–Trinajstić information content (AvgIpc) is 2.61. The van der Waals surface area contributed by atoms with E-state index in [1.54, 1.807) is 25.9 Å². The smallest absolute Gasteiger partial charge is 0.253 e. The van der Waals surface area contributed by atoms with Crippen LogP contribution < -0.4 is 10.4 Å².